The number of hydrogen-bond donors (Lipinski definition) is 2. The average molecular weight is 271 g/mol. The van der Waals surface area contributed by atoms with Crippen molar-refractivity contribution in [1.82, 2.24) is 5.32 Å². The molecule has 0 bridgehead atoms. The number of nitrogens with one attached hydrogen (secondary N) is 1. The number of ether oxygens (including phenoxy) is 1. The predicted molar refractivity (Wildman–Crippen MR) is 63.7 cm³/mol. The minimum atomic E-state index is -1.15. The van der Waals surface area contributed by atoms with Crippen LogP contribution < -0.4 is 5.32 Å². The Balaban J connectivity index is 2.02. The molecule has 1 saturated heterocycles. The molecule has 2 atom stereocenters. The fourth-order valence-corrected chi connectivity index (χ4v) is 2.01. The molecule has 2 N–H and O–H groups in total. The quantitative estimate of drug-likeness (QED) is 0.869. The second-order valence-corrected chi connectivity index (χ2v) is 4.67. The molecule has 0 radical (unpaired) electrons. The van der Waals surface area contributed by atoms with Crippen LogP contribution in [0.2, 0.25) is 0 Å². The molecule has 1 amide bonds. The fourth-order valence-electron chi connectivity index (χ4n) is 2.01. The molecule has 0 aromatic heterocycles. The molecule has 1 aromatic carbocycles. The third-order valence-corrected chi connectivity index (χ3v) is 3.39. The van der Waals surface area contributed by atoms with Gasteiger partial charge in [-0.05, 0) is 19.1 Å². The number of carbonyl (C=O) groups excluding carboxylic acids is 1. The van der Waals surface area contributed by atoms with Crippen LogP contribution in [0, 0.1) is 11.6 Å². The van der Waals surface area contributed by atoms with Crippen LogP contribution in [0.25, 0.3) is 0 Å². The molecule has 6 heteroatoms. The average Bonchev–Trinajstić information content (AvgIpc) is 2.67. The maximum absolute atomic E-state index is 13.4. The minimum Gasteiger partial charge on any atom is -0.385 e. The maximum atomic E-state index is 13.4. The summed E-state index contributed by atoms with van der Waals surface area (Å²) >= 11 is 0. The second kappa shape index (κ2) is 5.22. The summed E-state index contributed by atoms with van der Waals surface area (Å²) in [5.74, 6) is -2.37. The lowest BCUT2D eigenvalue weighted by Crippen LogP contribution is -2.47. The molecule has 19 heavy (non-hydrogen) atoms. The van der Waals surface area contributed by atoms with E-state index < -0.39 is 29.2 Å². The zero-order valence-electron chi connectivity index (χ0n) is 10.5. The molecule has 0 aliphatic carbocycles. The van der Waals surface area contributed by atoms with Crippen molar-refractivity contribution in [3.63, 3.8) is 0 Å². The van der Waals surface area contributed by atoms with E-state index in [9.17, 15) is 18.7 Å². The van der Waals surface area contributed by atoms with Gasteiger partial charge in [-0.1, -0.05) is 0 Å². The summed E-state index contributed by atoms with van der Waals surface area (Å²) in [6.07, 6.45) is 0.00577. The summed E-state index contributed by atoms with van der Waals surface area (Å²) in [4.78, 5) is 11.8. The van der Waals surface area contributed by atoms with E-state index in [2.05, 4.69) is 5.32 Å². The first-order valence-corrected chi connectivity index (χ1v) is 5.99. The number of aliphatic hydroxyl groups is 1. The van der Waals surface area contributed by atoms with E-state index in [4.69, 9.17) is 4.74 Å². The zero-order chi connectivity index (χ0) is 14.0. The van der Waals surface area contributed by atoms with E-state index in [-0.39, 0.29) is 12.1 Å². The van der Waals surface area contributed by atoms with Crippen molar-refractivity contribution >= 4 is 5.91 Å². The lowest BCUT2D eigenvalue weighted by atomic mass is 9.96. The molecule has 104 valence electrons. The summed E-state index contributed by atoms with van der Waals surface area (Å²) in [7, 11) is 0. The molecule has 1 fully saturated rings. The zero-order valence-corrected chi connectivity index (χ0v) is 10.5. The van der Waals surface area contributed by atoms with Gasteiger partial charge < -0.3 is 15.2 Å². The second-order valence-electron chi connectivity index (χ2n) is 4.67. The molecule has 2 unspecified atom stereocenters. The molecule has 2 rings (SSSR count). The van der Waals surface area contributed by atoms with Gasteiger partial charge in [0.2, 0.25) is 0 Å². The topological polar surface area (TPSA) is 58.6 Å². The van der Waals surface area contributed by atoms with E-state index in [0.717, 1.165) is 12.1 Å². The number of hydrogen-bond acceptors (Lipinski definition) is 3. The standard InChI is InChI=1S/C13H15F2NO3/c1-8-13(18,4-5-19-8)7-16-12(17)10-3-2-9(14)6-11(10)15/h2-3,6,8,18H,4-5,7H2,1H3,(H,16,17). The van der Waals surface area contributed by atoms with Crippen molar-refractivity contribution < 1.29 is 23.4 Å². The van der Waals surface area contributed by atoms with Gasteiger partial charge in [0.15, 0.2) is 0 Å². The van der Waals surface area contributed by atoms with Crippen molar-refractivity contribution in [3.8, 4) is 0 Å². The Morgan fingerprint density at radius 2 is 2.32 bits per heavy atom. The van der Waals surface area contributed by atoms with Crippen LogP contribution in [0.3, 0.4) is 0 Å². The molecular weight excluding hydrogens is 256 g/mol. The summed E-state index contributed by atoms with van der Waals surface area (Å²) in [6.45, 7) is 2.08. The minimum absolute atomic E-state index is 0.0379. The van der Waals surface area contributed by atoms with Gasteiger partial charge in [0.25, 0.3) is 5.91 Å². The molecule has 1 aliphatic rings. The van der Waals surface area contributed by atoms with E-state index in [0.29, 0.717) is 19.1 Å². The first-order chi connectivity index (χ1) is 8.92. The van der Waals surface area contributed by atoms with Crippen molar-refractivity contribution in [3.05, 3.63) is 35.4 Å². The highest BCUT2D eigenvalue weighted by Crippen LogP contribution is 2.24. The summed E-state index contributed by atoms with van der Waals surface area (Å²) in [6, 6.07) is 2.72. The van der Waals surface area contributed by atoms with Crippen LogP contribution in [0.15, 0.2) is 18.2 Å². The van der Waals surface area contributed by atoms with Gasteiger partial charge in [0.1, 0.15) is 17.2 Å². The maximum Gasteiger partial charge on any atom is 0.254 e. The highest BCUT2D eigenvalue weighted by Gasteiger charge is 2.39. The first kappa shape index (κ1) is 13.9. The van der Waals surface area contributed by atoms with Gasteiger partial charge >= 0.3 is 0 Å². The Morgan fingerprint density at radius 3 is 2.89 bits per heavy atom. The number of rotatable bonds is 3. The van der Waals surface area contributed by atoms with Crippen LogP contribution in [-0.2, 0) is 4.74 Å². The molecule has 4 nitrogen and oxygen atoms in total. The molecule has 1 aromatic rings. The van der Waals surface area contributed by atoms with Gasteiger partial charge in [0.05, 0.1) is 11.7 Å². The van der Waals surface area contributed by atoms with E-state index in [1.165, 1.54) is 0 Å². The fraction of sp³-hybridized carbons (Fsp3) is 0.462. The Morgan fingerprint density at radius 1 is 1.58 bits per heavy atom. The Labute approximate surface area is 109 Å². The van der Waals surface area contributed by atoms with Gasteiger partial charge in [0, 0.05) is 25.6 Å². The van der Waals surface area contributed by atoms with Crippen LogP contribution in [0.4, 0.5) is 8.78 Å². The van der Waals surface area contributed by atoms with Crippen molar-refractivity contribution in [2.45, 2.75) is 25.0 Å². The van der Waals surface area contributed by atoms with Crippen molar-refractivity contribution in [2.24, 2.45) is 0 Å². The number of benzene rings is 1. The Bertz CT molecular complexity index is 495. The van der Waals surface area contributed by atoms with Gasteiger partial charge in [-0.3, -0.25) is 4.79 Å². The smallest absolute Gasteiger partial charge is 0.254 e. The lowest BCUT2D eigenvalue weighted by Gasteiger charge is -2.26. The van der Waals surface area contributed by atoms with Gasteiger partial charge in [-0.15, -0.1) is 0 Å². The van der Waals surface area contributed by atoms with Crippen LogP contribution in [0.5, 0.6) is 0 Å². The highest BCUT2D eigenvalue weighted by molar-refractivity contribution is 5.94. The summed E-state index contributed by atoms with van der Waals surface area (Å²) < 4.78 is 31.3. The predicted octanol–water partition coefficient (Wildman–Crippen LogP) is 1.23. The number of halogens is 2. The highest BCUT2D eigenvalue weighted by atomic mass is 19.1. The van der Waals surface area contributed by atoms with Crippen LogP contribution >= 0.6 is 0 Å². The normalized spacial score (nSPS) is 26.4. The number of amides is 1. The van der Waals surface area contributed by atoms with E-state index >= 15 is 0 Å². The Hall–Kier alpha value is -1.53. The first-order valence-electron chi connectivity index (χ1n) is 5.99. The molecule has 0 saturated carbocycles. The number of carbonyl (C=O) groups is 1. The van der Waals surface area contributed by atoms with E-state index in [1.54, 1.807) is 6.92 Å². The van der Waals surface area contributed by atoms with Crippen molar-refractivity contribution in [1.29, 1.82) is 0 Å². The largest absolute Gasteiger partial charge is 0.385 e. The molecule has 1 heterocycles. The van der Waals surface area contributed by atoms with Gasteiger partial charge in [-0.25, -0.2) is 8.78 Å². The molecule has 0 spiro atoms. The van der Waals surface area contributed by atoms with Gasteiger partial charge in [-0.2, -0.15) is 0 Å². The monoisotopic (exact) mass is 271 g/mol. The SMILES string of the molecule is CC1OCCC1(O)CNC(=O)c1ccc(F)cc1F. The molecular formula is C13H15F2NO3. The third-order valence-electron chi connectivity index (χ3n) is 3.39. The lowest BCUT2D eigenvalue weighted by molar-refractivity contribution is -0.0251. The van der Waals surface area contributed by atoms with E-state index in [1.807, 2.05) is 0 Å². The van der Waals surface area contributed by atoms with Crippen LogP contribution in [-0.4, -0.2) is 35.9 Å². The summed E-state index contributed by atoms with van der Waals surface area (Å²) in [5, 5.41) is 12.6. The summed E-state index contributed by atoms with van der Waals surface area (Å²) in [5.41, 5.74) is -1.40. The van der Waals surface area contributed by atoms with Crippen molar-refractivity contribution in [2.75, 3.05) is 13.2 Å². The Kier molecular flexibility index (Phi) is 3.82. The van der Waals surface area contributed by atoms with Crippen LogP contribution in [0.1, 0.15) is 23.7 Å². The molecule has 1 aliphatic heterocycles. The third kappa shape index (κ3) is 2.90.